The Hall–Kier alpha value is -4.67. The van der Waals surface area contributed by atoms with Crippen LogP contribution in [-0.2, 0) is 5.41 Å². The summed E-state index contributed by atoms with van der Waals surface area (Å²) < 4.78 is 4.13. The number of rotatable bonds is 3. The molecule has 0 saturated carbocycles. The van der Waals surface area contributed by atoms with Crippen molar-refractivity contribution < 1.29 is 4.58 Å². The molecular weight excluding hydrogens is 420 g/mol. The van der Waals surface area contributed by atoms with E-state index >= 15 is 0 Å². The van der Waals surface area contributed by atoms with Crippen LogP contribution >= 0.6 is 0 Å². The zero-order chi connectivity index (χ0) is 22.7. The number of nitrogens with zero attached hydrogens (tertiary/aromatic N) is 5. The van der Waals surface area contributed by atoms with E-state index in [0.717, 1.165) is 50.8 Å². The predicted molar refractivity (Wildman–Crippen MR) is 130 cm³/mol. The monoisotopic (exact) mass is 440 g/mol. The summed E-state index contributed by atoms with van der Waals surface area (Å²) in [6, 6.07) is 30.6. The Morgan fingerprint density at radius 3 is 2.21 bits per heavy atom. The molecule has 0 unspecified atom stereocenters. The molecule has 160 valence electrons. The number of pyridine rings is 2. The van der Waals surface area contributed by atoms with Gasteiger partial charge in [-0.25, -0.2) is 0 Å². The van der Waals surface area contributed by atoms with Gasteiger partial charge in [0.15, 0.2) is 7.05 Å². The molecule has 6 heteroatoms. The van der Waals surface area contributed by atoms with Crippen LogP contribution in [0.15, 0.2) is 97.5 Å². The maximum absolute atomic E-state index is 4.91. The Labute approximate surface area is 196 Å². The quantitative estimate of drug-likeness (QED) is 0.400. The van der Waals surface area contributed by atoms with Gasteiger partial charge in [-0.3, -0.25) is 15.1 Å². The van der Waals surface area contributed by atoms with Crippen LogP contribution in [0.4, 0.5) is 17.1 Å². The second kappa shape index (κ2) is 6.91. The lowest BCUT2D eigenvalue weighted by Gasteiger charge is -2.29. The molecule has 2 aliphatic rings. The van der Waals surface area contributed by atoms with Gasteiger partial charge in [-0.15, -0.1) is 0 Å². The van der Waals surface area contributed by atoms with Gasteiger partial charge in [0.05, 0.1) is 17.1 Å². The Balaban J connectivity index is 1.54. The Morgan fingerprint density at radius 1 is 0.765 bits per heavy atom. The van der Waals surface area contributed by atoms with Gasteiger partial charge in [0.1, 0.15) is 5.41 Å². The van der Waals surface area contributed by atoms with E-state index in [1.807, 2.05) is 48.3 Å². The third-order valence-corrected chi connectivity index (χ3v) is 6.79. The molecule has 0 fully saturated rings. The first-order chi connectivity index (χ1) is 16.8. The number of hydrogen-bond acceptors (Lipinski definition) is 3. The number of benzene rings is 2. The first-order valence-electron chi connectivity index (χ1n) is 11.2. The van der Waals surface area contributed by atoms with Crippen molar-refractivity contribution in [1.29, 1.82) is 0 Å². The lowest BCUT2D eigenvalue weighted by molar-refractivity contribution is -0.394. The van der Waals surface area contributed by atoms with E-state index in [9.17, 15) is 0 Å². The highest BCUT2D eigenvalue weighted by atomic mass is 15.2. The van der Waals surface area contributed by atoms with Crippen LogP contribution < -0.4 is 4.58 Å². The second-order valence-electron chi connectivity index (χ2n) is 8.55. The highest BCUT2D eigenvalue weighted by Gasteiger charge is 2.50. The van der Waals surface area contributed by atoms with E-state index < -0.39 is 5.41 Å². The second-order valence-corrected chi connectivity index (χ2v) is 8.55. The molecule has 0 radical (unpaired) electrons. The number of aromatic nitrogens is 4. The molecule has 7 rings (SSSR count). The summed E-state index contributed by atoms with van der Waals surface area (Å²) in [5, 5.41) is 7.56. The Morgan fingerprint density at radius 2 is 1.50 bits per heavy atom. The van der Waals surface area contributed by atoms with E-state index in [0.29, 0.717) is 0 Å². The zero-order valence-corrected chi connectivity index (χ0v) is 18.5. The lowest BCUT2D eigenvalue weighted by Crippen LogP contribution is -2.31. The average Bonchev–Trinajstić information content (AvgIpc) is 3.61. The highest BCUT2D eigenvalue weighted by Crippen LogP contribution is 2.54. The number of fused-ring (bicyclic) bond motifs is 4. The first kappa shape index (κ1) is 18.9. The standard InChI is InChI=1S/C28H20N6/c1-33-18-34(24-12-3-2-11-23(24)33)20-8-4-7-19(17-20)28(25-13-16-31-32-25)26-21(9-5-14-29-26)22-10-6-15-30-27(22)28/h2-17H,1H3,(H,31,32)/q+2. The molecule has 0 amide bonds. The van der Waals surface area contributed by atoms with Crippen LogP contribution in [0.3, 0.4) is 0 Å². The molecule has 0 bridgehead atoms. The van der Waals surface area contributed by atoms with Crippen LogP contribution in [0.25, 0.3) is 11.1 Å². The van der Waals surface area contributed by atoms with Crippen molar-refractivity contribution in [2.24, 2.45) is 0 Å². The van der Waals surface area contributed by atoms with Crippen molar-refractivity contribution in [3.8, 4) is 11.1 Å². The third-order valence-electron chi connectivity index (χ3n) is 6.79. The normalized spacial score (nSPS) is 14.7. The fraction of sp³-hybridized carbons (Fsp3) is 0.0714. The fourth-order valence-electron chi connectivity index (χ4n) is 5.37. The molecule has 5 aromatic rings. The van der Waals surface area contributed by atoms with Crippen molar-refractivity contribution >= 4 is 23.1 Å². The van der Waals surface area contributed by atoms with Crippen molar-refractivity contribution in [2.45, 2.75) is 5.41 Å². The number of H-pyrrole nitrogens is 1. The molecule has 1 aliphatic carbocycles. The van der Waals surface area contributed by atoms with Gasteiger partial charge in [0.2, 0.25) is 5.69 Å². The molecule has 0 saturated heterocycles. The van der Waals surface area contributed by atoms with Crippen molar-refractivity contribution in [3.63, 3.8) is 0 Å². The highest BCUT2D eigenvalue weighted by molar-refractivity contribution is 5.83. The smallest absolute Gasteiger partial charge is 0.281 e. The summed E-state index contributed by atoms with van der Waals surface area (Å²) in [6.07, 6.45) is 5.50. The van der Waals surface area contributed by atoms with E-state index in [2.05, 4.69) is 75.4 Å². The van der Waals surface area contributed by atoms with Crippen LogP contribution in [0.2, 0.25) is 0 Å². The summed E-state index contributed by atoms with van der Waals surface area (Å²) in [7, 11) is 2.02. The summed E-state index contributed by atoms with van der Waals surface area (Å²) >= 11 is 0. The van der Waals surface area contributed by atoms with Crippen molar-refractivity contribution in [3.05, 3.63) is 120 Å². The van der Waals surface area contributed by atoms with Crippen LogP contribution in [0.5, 0.6) is 0 Å². The molecule has 0 atom stereocenters. The Bertz CT molecular complexity index is 1610. The Kier molecular flexibility index (Phi) is 3.83. The van der Waals surface area contributed by atoms with Gasteiger partial charge in [0, 0.05) is 54.0 Å². The number of para-hydroxylation sites is 2. The van der Waals surface area contributed by atoms with Gasteiger partial charge >= 0.3 is 6.01 Å². The zero-order valence-electron chi connectivity index (χ0n) is 18.5. The van der Waals surface area contributed by atoms with Crippen LogP contribution in [-0.4, -0.2) is 37.8 Å². The third kappa shape index (κ3) is 2.37. The SMILES string of the molecule is C[N+]1=C=[N+](c2cccc(C3(c4ccn[nH]4)c4ncccc4-c4cccnc43)c2)c2ccccc21. The molecule has 3 aromatic heterocycles. The van der Waals surface area contributed by atoms with E-state index in [1.165, 1.54) is 0 Å². The van der Waals surface area contributed by atoms with Gasteiger partial charge in [-0.05, 0) is 28.3 Å². The van der Waals surface area contributed by atoms with Crippen LogP contribution in [0.1, 0.15) is 22.6 Å². The largest absolute Gasteiger partial charge is 0.496 e. The molecule has 6 nitrogen and oxygen atoms in total. The number of hydrogen-bond donors (Lipinski definition) is 1. The first-order valence-corrected chi connectivity index (χ1v) is 11.2. The minimum atomic E-state index is -0.704. The van der Waals surface area contributed by atoms with Gasteiger partial charge in [-0.1, -0.05) is 41.0 Å². The molecule has 0 spiro atoms. The lowest BCUT2D eigenvalue weighted by atomic mass is 9.74. The topological polar surface area (TPSA) is 60.5 Å². The molecule has 4 heterocycles. The maximum Gasteiger partial charge on any atom is 0.496 e. The molecule has 1 N–H and O–H groups in total. The van der Waals surface area contributed by atoms with E-state index in [4.69, 9.17) is 9.97 Å². The van der Waals surface area contributed by atoms with Gasteiger partial charge < -0.3 is 0 Å². The minimum absolute atomic E-state index is 0.704. The molecular formula is C28H20N6+2. The van der Waals surface area contributed by atoms with E-state index in [1.54, 1.807) is 6.20 Å². The summed E-state index contributed by atoms with van der Waals surface area (Å²) in [6.45, 7) is 0. The number of aromatic amines is 1. The fourth-order valence-corrected chi connectivity index (χ4v) is 5.37. The number of nitrogens with one attached hydrogen (secondary N) is 1. The molecule has 2 aromatic carbocycles. The van der Waals surface area contributed by atoms with Crippen molar-refractivity contribution in [1.82, 2.24) is 24.7 Å². The molecule has 34 heavy (non-hydrogen) atoms. The summed E-state index contributed by atoms with van der Waals surface area (Å²) in [4.78, 5) is 9.82. The summed E-state index contributed by atoms with van der Waals surface area (Å²) in [5.41, 5.74) is 8.64. The maximum atomic E-state index is 4.91. The van der Waals surface area contributed by atoms with Gasteiger partial charge in [0.25, 0.3) is 11.4 Å². The average molecular weight is 441 g/mol. The van der Waals surface area contributed by atoms with E-state index in [-0.39, 0.29) is 0 Å². The molecule has 1 aliphatic heterocycles. The van der Waals surface area contributed by atoms with Crippen LogP contribution in [0, 0.1) is 0 Å². The van der Waals surface area contributed by atoms with Crippen molar-refractivity contribution in [2.75, 3.05) is 7.05 Å². The van der Waals surface area contributed by atoms with Gasteiger partial charge in [-0.2, -0.15) is 5.10 Å². The minimum Gasteiger partial charge on any atom is -0.281 e. The predicted octanol–water partition coefficient (Wildman–Crippen LogP) is 4.86. The summed E-state index contributed by atoms with van der Waals surface area (Å²) in [5.74, 6) is 0.